The van der Waals surface area contributed by atoms with Crippen molar-refractivity contribution >= 4 is 5.97 Å². The molecule has 4 heteroatoms. The first kappa shape index (κ1) is 12.1. The van der Waals surface area contributed by atoms with E-state index < -0.39 is 5.97 Å². The largest absolute Gasteiger partial charge is 0.496 e. The second-order valence-corrected chi connectivity index (χ2v) is 3.86. The Hall–Kier alpha value is -2.36. The Morgan fingerprint density at radius 1 is 1.33 bits per heavy atom. The molecule has 2 rings (SSSR count). The molecule has 0 fully saturated rings. The van der Waals surface area contributed by atoms with E-state index in [1.54, 1.807) is 18.3 Å². The zero-order chi connectivity index (χ0) is 13.1. The predicted molar refractivity (Wildman–Crippen MR) is 67.9 cm³/mol. The summed E-state index contributed by atoms with van der Waals surface area (Å²) in [6.07, 6.45) is 1.71. The number of ether oxygens (including phenoxy) is 1. The number of hydrogen-bond donors (Lipinski definition) is 1. The molecule has 18 heavy (non-hydrogen) atoms. The summed E-state index contributed by atoms with van der Waals surface area (Å²) in [4.78, 5) is 15.3. The number of rotatable bonds is 3. The van der Waals surface area contributed by atoms with Gasteiger partial charge in [0.1, 0.15) is 11.3 Å². The fourth-order valence-corrected chi connectivity index (χ4v) is 1.83. The van der Waals surface area contributed by atoms with Crippen LogP contribution in [0, 0.1) is 6.92 Å². The first-order valence-corrected chi connectivity index (χ1v) is 5.47. The van der Waals surface area contributed by atoms with Crippen LogP contribution in [-0.4, -0.2) is 23.2 Å². The lowest BCUT2D eigenvalue weighted by molar-refractivity contribution is 0.0693. The number of carboxylic acids is 1. The van der Waals surface area contributed by atoms with Gasteiger partial charge in [-0.3, -0.25) is 4.98 Å². The summed E-state index contributed by atoms with van der Waals surface area (Å²) in [7, 11) is 1.46. The van der Waals surface area contributed by atoms with Crippen molar-refractivity contribution in [3.8, 4) is 16.9 Å². The van der Waals surface area contributed by atoms with Crippen molar-refractivity contribution in [1.82, 2.24) is 4.98 Å². The molecule has 0 saturated carbocycles. The molecule has 4 nitrogen and oxygen atoms in total. The molecule has 0 atom stereocenters. The highest BCUT2D eigenvalue weighted by molar-refractivity contribution is 5.92. The van der Waals surface area contributed by atoms with E-state index in [2.05, 4.69) is 4.98 Å². The molecule has 0 saturated heterocycles. The van der Waals surface area contributed by atoms with Crippen molar-refractivity contribution in [1.29, 1.82) is 0 Å². The SMILES string of the molecule is COc1ccc(-c2cccnc2C)cc1C(=O)O. The molecule has 0 aliphatic rings. The monoisotopic (exact) mass is 243 g/mol. The molecule has 0 unspecified atom stereocenters. The Morgan fingerprint density at radius 2 is 2.11 bits per heavy atom. The minimum Gasteiger partial charge on any atom is -0.496 e. The van der Waals surface area contributed by atoms with Crippen molar-refractivity contribution in [2.45, 2.75) is 6.92 Å². The van der Waals surface area contributed by atoms with Gasteiger partial charge in [0.25, 0.3) is 0 Å². The lowest BCUT2D eigenvalue weighted by Crippen LogP contribution is -2.01. The van der Waals surface area contributed by atoms with Gasteiger partial charge in [0, 0.05) is 17.5 Å². The number of pyridine rings is 1. The van der Waals surface area contributed by atoms with Crippen LogP contribution in [0.25, 0.3) is 11.1 Å². The Morgan fingerprint density at radius 3 is 2.72 bits per heavy atom. The molecular weight excluding hydrogens is 230 g/mol. The van der Waals surface area contributed by atoms with Gasteiger partial charge in [-0.15, -0.1) is 0 Å². The molecule has 0 aliphatic carbocycles. The van der Waals surface area contributed by atoms with Crippen molar-refractivity contribution in [2.75, 3.05) is 7.11 Å². The highest BCUT2D eigenvalue weighted by Crippen LogP contribution is 2.27. The number of methoxy groups -OCH3 is 1. The van der Waals surface area contributed by atoms with E-state index in [-0.39, 0.29) is 5.56 Å². The maximum absolute atomic E-state index is 11.2. The molecule has 1 N–H and O–H groups in total. The lowest BCUT2D eigenvalue weighted by atomic mass is 10.0. The Balaban J connectivity index is 2.57. The maximum atomic E-state index is 11.2. The van der Waals surface area contributed by atoms with Crippen LogP contribution in [0.3, 0.4) is 0 Å². The van der Waals surface area contributed by atoms with E-state index in [9.17, 15) is 4.79 Å². The molecule has 0 radical (unpaired) electrons. The number of hydrogen-bond acceptors (Lipinski definition) is 3. The number of aromatic carboxylic acids is 1. The number of aryl methyl sites for hydroxylation is 1. The summed E-state index contributed by atoms with van der Waals surface area (Å²) in [5.41, 5.74) is 2.75. The van der Waals surface area contributed by atoms with E-state index in [0.29, 0.717) is 5.75 Å². The zero-order valence-electron chi connectivity index (χ0n) is 10.2. The number of aromatic nitrogens is 1. The fourth-order valence-electron chi connectivity index (χ4n) is 1.83. The van der Waals surface area contributed by atoms with Gasteiger partial charge >= 0.3 is 5.97 Å². The van der Waals surface area contributed by atoms with Crippen LogP contribution in [0.2, 0.25) is 0 Å². The van der Waals surface area contributed by atoms with Crippen LogP contribution in [0.4, 0.5) is 0 Å². The van der Waals surface area contributed by atoms with Gasteiger partial charge in [-0.2, -0.15) is 0 Å². The molecule has 2 aromatic rings. The van der Waals surface area contributed by atoms with Gasteiger partial charge in [0.05, 0.1) is 7.11 Å². The van der Waals surface area contributed by atoms with Crippen molar-refractivity contribution in [3.05, 3.63) is 47.8 Å². The third-order valence-corrected chi connectivity index (χ3v) is 2.75. The smallest absolute Gasteiger partial charge is 0.339 e. The number of carboxylic acid groups (broad SMARTS) is 1. The number of carbonyl (C=O) groups is 1. The van der Waals surface area contributed by atoms with Gasteiger partial charge < -0.3 is 9.84 Å². The Labute approximate surface area is 105 Å². The van der Waals surface area contributed by atoms with Crippen molar-refractivity contribution in [2.24, 2.45) is 0 Å². The number of nitrogens with zero attached hydrogens (tertiary/aromatic N) is 1. The Bertz CT molecular complexity index is 593. The van der Waals surface area contributed by atoms with Crippen molar-refractivity contribution < 1.29 is 14.6 Å². The quantitative estimate of drug-likeness (QED) is 0.900. The molecular formula is C14H13NO3. The van der Waals surface area contributed by atoms with Gasteiger partial charge in [0.2, 0.25) is 0 Å². The summed E-state index contributed by atoms with van der Waals surface area (Å²) in [5.74, 6) is -0.650. The average molecular weight is 243 g/mol. The molecule has 0 amide bonds. The first-order chi connectivity index (χ1) is 8.63. The third-order valence-electron chi connectivity index (χ3n) is 2.75. The summed E-state index contributed by atoms with van der Waals surface area (Å²) in [6, 6.07) is 8.83. The summed E-state index contributed by atoms with van der Waals surface area (Å²) >= 11 is 0. The normalized spacial score (nSPS) is 10.1. The lowest BCUT2D eigenvalue weighted by Gasteiger charge is -2.09. The van der Waals surface area contributed by atoms with Crippen molar-refractivity contribution in [3.63, 3.8) is 0 Å². The second-order valence-electron chi connectivity index (χ2n) is 3.86. The first-order valence-electron chi connectivity index (χ1n) is 5.47. The zero-order valence-corrected chi connectivity index (χ0v) is 10.2. The minimum atomic E-state index is -1.00. The molecule has 1 aromatic carbocycles. The summed E-state index contributed by atoms with van der Waals surface area (Å²) in [6.45, 7) is 1.89. The predicted octanol–water partition coefficient (Wildman–Crippen LogP) is 2.76. The van der Waals surface area contributed by atoms with Crippen LogP contribution < -0.4 is 4.74 Å². The Kier molecular flexibility index (Phi) is 3.28. The molecule has 1 heterocycles. The van der Waals surface area contributed by atoms with E-state index in [1.165, 1.54) is 7.11 Å². The number of benzene rings is 1. The van der Waals surface area contributed by atoms with Gasteiger partial charge in [-0.05, 0) is 30.7 Å². The minimum absolute atomic E-state index is 0.151. The van der Waals surface area contributed by atoms with E-state index >= 15 is 0 Å². The van der Waals surface area contributed by atoms with Gasteiger partial charge in [0.15, 0.2) is 0 Å². The van der Waals surface area contributed by atoms with Crippen LogP contribution in [0.5, 0.6) is 5.75 Å². The summed E-state index contributed by atoms with van der Waals surface area (Å²) < 4.78 is 5.03. The summed E-state index contributed by atoms with van der Waals surface area (Å²) in [5, 5.41) is 9.14. The van der Waals surface area contributed by atoms with Gasteiger partial charge in [-0.1, -0.05) is 12.1 Å². The average Bonchev–Trinajstić information content (AvgIpc) is 2.38. The highest BCUT2D eigenvalue weighted by atomic mass is 16.5. The van der Waals surface area contributed by atoms with Crippen LogP contribution in [-0.2, 0) is 0 Å². The molecule has 0 spiro atoms. The fraction of sp³-hybridized carbons (Fsp3) is 0.143. The van der Waals surface area contributed by atoms with Crippen LogP contribution >= 0.6 is 0 Å². The van der Waals surface area contributed by atoms with Crippen LogP contribution in [0.15, 0.2) is 36.5 Å². The topological polar surface area (TPSA) is 59.4 Å². The van der Waals surface area contributed by atoms with Crippen LogP contribution in [0.1, 0.15) is 16.1 Å². The highest BCUT2D eigenvalue weighted by Gasteiger charge is 2.13. The maximum Gasteiger partial charge on any atom is 0.339 e. The molecule has 0 bridgehead atoms. The molecule has 0 aliphatic heterocycles. The second kappa shape index (κ2) is 4.87. The third kappa shape index (κ3) is 2.18. The van der Waals surface area contributed by atoms with Gasteiger partial charge in [-0.25, -0.2) is 4.79 Å². The van der Waals surface area contributed by atoms with E-state index in [4.69, 9.17) is 9.84 Å². The molecule has 92 valence electrons. The molecule has 1 aromatic heterocycles. The standard InChI is InChI=1S/C14H13NO3/c1-9-11(4-3-7-15-9)10-5-6-13(18-2)12(8-10)14(16)17/h3-8H,1-2H3,(H,16,17). The van der Waals surface area contributed by atoms with E-state index in [0.717, 1.165) is 16.8 Å². The van der Waals surface area contributed by atoms with E-state index in [1.807, 2.05) is 25.1 Å².